The van der Waals surface area contributed by atoms with Crippen LogP contribution < -0.4 is 4.90 Å². The molecule has 102 valence electrons. The number of anilines is 1. The largest absolute Gasteiger partial charge is 0.336 e. The van der Waals surface area contributed by atoms with Gasteiger partial charge in [-0.3, -0.25) is 0 Å². The van der Waals surface area contributed by atoms with Gasteiger partial charge in [0.15, 0.2) is 5.82 Å². The lowest BCUT2D eigenvalue weighted by molar-refractivity contribution is 0.0262. The van der Waals surface area contributed by atoms with Crippen molar-refractivity contribution in [1.29, 1.82) is 0 Å². The van der Waals surface area contributed by atoms with Crippen LogP contribution in [0.25, 0.3) is 0 Å². The molecule has 0 amide bonds. The molecule has 1 aliphatic rings. The molecule has 0 saturated heterocycles. The minimum atomic E-state index is -1.37. The van der Waals surface area contributed by atoms with Gasteiger partial charge in [-0.15, -0.1) is 12.4 Å². The van der Waals surface area contributed by atoms with Crippen molar-refractivity contribution in [2.75, 3.05) is 18.6 Å². The van der Waals surface area contributed by atoms with E-state index in [9.17, 15) is 0 Å². The molecule has 9 heteroatoms. The van der Waals surface area contributed by atoms with Gasteiger partial charge in [0, 0.05) is 20.7 Å². The number of rotatable bonds is 2. The molecule has 1 atom stereocenters. The Hall–Kier alpha value is -0.200. The fourth-order valence-corrected chi connectivity index (χ4v) is 2.47. The fraction of sp³-hybridized carbons (Fsp3) is 0.556. The van der Waals surface area contributed by atoms with Crippen LogP contribution in [0, 0.1) is 0 Å². The van der Waals surface area contributed by atoms with Gasteiger partial charge in [-0.05, 0) is 30.1 Å². The zero-order valence-corrected chi connectivity index (χ0v) is 13.0. The lowest BCUT2D eigenvalue weighted by Gasteiger charge is -2.31. The Labute approximate surface area is 126 Å². The highest BCUT2D eigenvalue weighted by Gasteiger charge is 2.43. The van der Waals surface area contributed by atoms with Crippen LogP contribution in [0.3, 0.4) is 0 Å². The number of halogens is 4. The second-order valence-electron chi connectivity index (χ2n) is 3.55. The van der Waals surface area contributed by atoms with Crippen LogP contribution in [0.4, 0.5) is 5.82 Å². The molecule has 2 heterocycles. The zero-order chi connectivity index (χ0) is 12.8. The Kier molecular flexibility index (Phi) is 4.78. The zero-order valence-electron chi connectivity index (χ0n) is 9.95. The van der Waals surface area contributed by atoms with Gasteiger partial charge in [0.2, 0.25) is 10.6 Å². The highest BCUT2D eigenvalue weighted by Crippen LogP contribution is 2.43. The average molecular weight is 334 g/mol. The Morgan fingerprint density at radius 1 is 1.33 bits per heavy atom. The summed E-state index contributed by atoms with van der Waals surface area (Å²) in [6.45, 7) is 2.21. The lowest BCUT2D eigenvalue weighted by Crippen LogP contribution is -2.36. The number of hydrogen-bond donors (Lipinski definition) is 0. The van der Waals surface area contributed by atoms with Gasteiger partial charge < -0.3 is 14.2 Å². The number of aliphatic imine (C=N–C) groups is 1. The first-order valence-corrected chi connectivity index (χ1v) is 6.08. The first-order valence-electron chi connectivity index (χ1n) is 4.95. The molecule has 18 heavy (non-hydrogen) atoms. The fourth-order valence-electron chi connectivity index (χ4n) is 1.66. The summed E-state index contributed by atoms with van der Waals surface area (Å²) in [6.07, 6.45) is 0. The monoisotopic (exact) mass is 332 g/mol. The molecule has 0 aromatic carbocycles. The van der Waals surface area contributed by atoms with E-state index in [1.54, 1.807) is 23.6 Å². The average Bonchev–Trinajstić information content (AvgIpc) is 2.54. The minimum absolute atomic E-state index is 0. The molecule has 2 rings (SSSR count). The topological polar surface area (TPSA) is 42.6 Å². The van der Waals surface area contributed by atoms with Gasteiger partial charge >= 0.3 is 0 Å². The maximum atomic E-state index is 6.34. The number of fused-ring (bicyclic) bond motifs is 1. The van der Waals surface area contributed by atoms with E-state index >= 15 is 0 Å². The van der Waals surface area contributed by atoms with Crippen molar-refractivity contribution in [2.24, 2.45) is 12.0 Å². The molecule has 1 unspecified atom stereocenters. The second kappa shape index (κ2) is 5.43. The molecule has 1 aromatic heterocycles. The summed E-state index contributed by atoms with van der Waals surface area (Å²) < 4.78 is 7.08. The van der Waals surface area contributed by atoms with Crippen molar-refractivity contribution < 1.29 is 4.74 Å². The number of hydrogen-bond acceptors (Lipinski definition) is 4. The summed E-state index contributed by atoms with van der Waals surface area (Å²) in [5.74, 6) is 0.543. The SMILES string of the molecule is CCOC1(Cl)N=C(Cl)N(C)c2nc(Cl)n(C)c21.Cl. The summed E-state index contributed by atoms with van der Waals surface area (Å²) in [7, 11) is 3.48. The van der Waals surface area contributed by atoms with Gasteiger partial charge in [0.05, 0.1) is 0 Å². The molecule has 0 radical (unpaired) electrons. The lowest BCUT2D eigenvalue weighted by atomic mass is 10.3. The van der Waals surface area contributed by atoms with E-state index in [1.807, 2.05) is 6.92 Å². The number of nitrogens with zero attached hydrogens (tertiary/aromatic N) is 4. The second-order valence-corrected chi connectivity index (χ2v) is 4.73. The Bertz CT molecular complexity index is 489. The highest BCUT2D eigenvalue weighted by atomic mass is 35.5. The number of aromatic nitrogens is 2. The molecule has 0 bridgehead atoms. The van der Waals surface area contributed by atoms with Gasteiger partial charge in [-0.2, -0.15) is 4.98 Å². The van der Waals surface area contributed by atoms with Gasteiger partial charge in [-0.1, -0.05) is 11.6 Å². The molecule has 1 aromatic rings. The predicted molar refractivity (Wildman–Crippen MR) is 76.3 cm³/mol. The van der Waals surface area contributed by atoms with E-state index in [0.29, 0.717) is 23.4 Å². The molecule has 1 aliphatic heterocycles. The molecule has 0 N–H and O–H groups in total. The number of alkyl halides is 1. The van der Waals surface area contributed by atoms with Crippen LogP contribution in [0.2, 0.25) is 5.28 Å². The summed E-state index contributed by atoms with van der Waals surface area (Å²) in [4.78, 5) is 9.92. The van der Waals surface area contributed by atoms with E-state index in [2.05, 4.69) is 9.98 Å². The van der Waals surface area contributed by atoms with Crippen LogP contribution in [0.1, 0.15) is 12.6 Å². The number of imidazole rings is 1. The van der Waals surface area contributed by atoms with E-state index < -0.39 is 5.18 Å². The minimum Gasteiger partial charge on any atom is -0.336 e. The van der Waals surface area contributed by atoms with Crippen molar-refractivity contribution >= 4 is 58.3 Å². The molecule has 0 aliphatic carbocycles. The first kappa shape index (κ1) is 15.9. The maximum Gasteiger partial charge on any atom is 0.285 e. The van der Waals surface area contributed by atoms with Crippen molar-refractivity contribution in [3.8, 4) is 0 Å². The van der Waals surface area contributed by atoms with Crippen molar-refractivity contribution in [2.45, 2.75) is 12.1 Å². The molecule has 0 fully saturated rings. The van der Waals surface area contributed by atoms with Crippen molar-refractivity contribution in [1.82, 2.24) is 9.55 Å². The van der Waals surface area contributed by atoms with Crippen LogP contribution in [0.5, 0.6) is 0 Å². The van der Waals surface area contributed by atoms with Crippen LogP contribution in [0.15, 0.2) is 4.99 Å². The first-order chi connectivity index (χ1) is 7.90. The van der Waals surface area contributed by atoms with Gasteiger partial charge in [-0.25, -0.2) is 4.99 Å². The molecule has 0 saturated carbocycles. The highest BCUT2D eigenvalue weighted by molar-refractivity contribution is 6.68. The van der Waals surface area contributed by atoms with E-state index in [1.165, 1.54) is 0 Å². The number of amidine groups is 1. The summed E-state index contributed by atoms with van der Waals surface area (Å²) >= 11 is 18.3. The molecular weight excluding hydrogens is 322 g/mol. The van der Waals surface area contributed by atoms with E-state index in [-0.39, 0.29) is 17.7 Å². The van der Waals surface area contributed by atoms with Crippen LogP contribution in [-0.2, 0) is 17.0 Å². The Morgan fingerprint density at radius 2 is 1.94 bits per heavy atom. The summed E-state index contributed by atoms with van der Waals surface area (Å²) in [5.41, 5.74) is 0.568. The predicted octanol–water partition coefficient (Wildman–Crippen LogP) is 2.93. The van der Waals surface area contributed by atoms with Gasteiger partial charge in [0.1, 0.15) is 5.69 Å². The third kappa shape index (κ3) is 2.30. The normalized spacial score (nSPS) is 22.3. The standard InChI is InChI=1S/C9H11Cl3N4O.ClH/c1-4-17-9(12)5-6(13-7(10)15(5)2)16(3)8(11)14-9;/h4H2,1-3H3;1H. The van der Waals surface area contributed by atoms with Gasteiger partial charge in [0.25, 0.3) is 5.18 Å². The molecule has 0 spiro atoms. The smallest absolute Gasteiger partial charge is 0.285 e. The van der Waals surface area contributed by atoms with Crippen molar-refractivity contribution in [3.05, 3.63) is 11.0 Å². The van der Waals surface area contributed by atoms with Crippen LogP contribution in [-0.4, -0.2) is 28.5 Å². The molecular formula is C9H12Cl4N4O. The van der Waals surface area contributed by atoms with E-state index in [4.69, 9.17) is 39.5 Å². The van der Waals surface area contributed by atoms with Crippen LogP contribution >= 0.6 is 47.2 Å². The van der Waals surface area contributed by atoms with E-state index in [0.717, 1.165) is 0 Å². The number of ether oxygens (including phenoxy) is 1. The molecule has 5 nitrogen and oxygen atoms in total. The van der Waals surface area contributed by atoms with Crippen molar-refractivity contribution in [3.63, 3.8) is 0 Å². The third-order valence-electron chi connectivity index (χ3n) is 2.48. The Morgan fingerprint density at radius 3 is 2.50 bits per heavy atom. The maximum absolute atomic E-state index is 6.34. The quantitative estimate of drug-likeness (QED) is 0.617. The summed E-state index contributed by atoms with van der Waals surface area (Å²) in [5, 5.41) is -0.869. The third-order valence-corrected chi connectivity index (χ3v) is 3.53. The Balaban J connectivity index is 0.00000162. The summed E-state index contributed by atoms with van der Waals surface area (Å²) in [6, 6.07) is 0.